The molecule has 0 radical (unpaired) electrons. The zero-order chi connectivity index (χ0) is 13.1. The molecule has 1 aliphatic heterocycles. The Labute approximate surface area is 106 Å². The van der Waals surface area contributed by atoms with E-state index in [0.717, 1.165) is 5.56 Å². The average Bonchev–Trinajstić information content (AvgIpc) is 2.36. The summed E-state index contributed by atoms with van der Waals surface area (Å²) in [5.74, 6) is 1.95. The summed E-state index contributed by atoms with van der Waals surface area (Å²) in [5.41, 5.74) is 0.891. The van der Waals surface area contributed by atoms with Gasteiger partial charge in [0.25, 0.3) is 0 Å². The van der Waals surface area contributed by atoms with Crippen molar-refractivity contribution in [1.29, 1.82) is 0 Å². The Morgan fingerprint density at radius 2 is 2.00 bits per heavy atom. The van der Waals surface area contributed by atoms with Crippen molar-refractivity contribution in [2.75, 3.05) is 14.2 Å². The Kier molecular flexibility index (Phi) is 3.55. The largest absolute Gasteiger partial charge is 0.493 e. The van der Waals surface area contributed by atoms with Crippen molar-refractivity contribution in [2.24, 2.45) is 0 Å². The van der Waals surface area contributed by atoms with Crippen molar-refractivity contribution in [2.45, 2.75) is 18.9 Å². The van der Waals surface area contributed by atoms with Gasteiger partial charge in [-0.05, 0) is 17.7 Å². The van der Waals surface area contributed by atoms with Gasteiger partial charge in [0.15, 0.2) is 11.5 Å². The monoisotopic (exact) mass is 248 g/mol. The average molecular weight is 248 g/mol. The van der Waals surface area contributed by atoms with Gasteiger partial charge < -0.3 is 14.2 Å². The molecule has 0 amide bonds. The van der Waals surface area contributed by atoms with Gasteiger partial charge >= 0.3 is 0 Å². The van der Waals surface area contributed by atoms with Gasteiger partial charge in [-0.15, -0.1) is 0 Å². The van der Waals surface area contributed by atoms with Crippen LogP contribution in [0.5, 0.6) is 11.5 Å². The first kappa shape index (κ1) is 12.5. The minimum Gasteiger partial charge on any atom is -0.493 e. The van der Waals surface area contributed by atoms with Crippen molar-refractivity contribution in [3.8, 4) is 11.5 Å². The summed E-state index contributed by atoms with van der Waals surface area (Å²) < 4.78 is 16.0. The van der Waals surface area contributed by atoms with Crippen molar-refractivity contribution in [1.82, 2.24) is 0 Å². The van der Waals surface area contributed by atoms with Crippen LogP contribution < -0.4 is 9.47 Å². The van der Waals surface area contributed by atoms with E-state index >= 15 is 0 Å². The molecule has 1 fully saturated rings. The van der Waals surface area contributed by atoms with Crippen LogP contribution >= 0.6 is 0 Å². The second kappa shape index (κ2) is 5.12. The molecule has 0 saturated carbocycles. The maximum absolute atomic E-state index is 11.5. The number of ketones is 1. The van der Waals surface area contributed by atoms with E-state index in [0.29, 0.717) is 30.1 Å². The number of benzene rings is 1. The van der Waals surface area contributed by atoms with Gasteiger partial charge in [0, 0.05) is 6.42 Å². The molecule has 0 aliphatic carbocycles. The van der Waals surface area contributed by atoms with E-state index < -0.39 is 0 Å². The second-order valence-corrected chi connectivity index (χ2v) is 4.18. The summed E-state index contributed by atoms with van der Waals surface area (Å²) >= 11 is 0. The molecule has 1 unspecified atom stereocenters. The minimum atomic E-state index is -0.279. The molecule has 0 spiro atoms. The van der Waals surface area contributed by atoms with Crippen LogP contribution in [0.4, 0.5) is 0 Å². The zero-order valence-corrected chi connectivity index (χ0v) is 10.6. The molecule has 1 heterocycles. The zero-order valence-electron chi connectivity index (χ0n) is 10.6. The van der Waals surface area contributed by atoms with Crippen LogP contribution in [0.25, 0.3) is 0 Å². The normalized spacial score (nSPS) is 19.3. The number of rotatable bonds is 3. The van der Waals surface area contributed by atoms with E-state index in [2.05, 4.69) is 6.58 Å². The van der Waals surface area contributed by atoms with Gasteiger partial charge in [0.2, 0.25) is 0 Å². The Hall–Kier alpha value is -1.97. The van der Waals surface area contributed by atoms with Crippen LogP contribution in [-0.4, -0.2) is 20.0 Å². The summed E-state index contributed by atoms with van der Waals surface area (Å²) in [5, 5.41) is 0. The summed E-state index contributed by atoms with van der Waals surface area (Å²) in [6.07, 6.45) is 0.400. The molecule has 1 aromatic carbocycles. The highest BCUT2D eigenvalue weighted by atomic mass is 16.5. The van der Waals surface area contributed by atoms with Crippen molar-refractivity contribution in [3.05, 3.63) is 36.1 Å². The minimum absolute atomic E-state index is 0.144. The summed E-state index contributed by atoms with van der Waals surface area (Å²) in [6, 6.07) is 5.51. The number of hydrogen-bond donors (Lipinski definition) is 0. The van der Waals surface area contributed by atoms with Crippen molar-refractivity contribution < 1.29 is 19.0 Å². The molecule has 0 N–H and O–H groups in total. The molecule has 4 heteroatoms. The van der Waals surface area contributed by atoms with Gasteiger partial charge in [-0.25, -0.2) is 0 Å². The standard InChI is InChI=1S/C14H16O4/c1-9-6-11(15)8-13(18-9)10-4-5-12(16-2)14(7-10)17-3/h4-5,7,13H,1,6,8H2,2-3H3. The van der Waals surface area contributed by atoms with Crippen LogP contribution in [-0.2, 0) is 9.53 Å². The molecule has 1 atom stereocenters. The predicted octanol–water partition coefficient (Wildman–Crippen LogP) is 2.64. The molecule has 1 saturated heterocycles. The Bertz CT molecular complexity index is 463. The number of Topliss-reactive ketones (excluding diaryl/α,β-unsaturated/α-hetero) is 1. The van der Waals surface area contributed by atoms with Crippen molar-refractivity contribution >= 4 is 5.78 Å². The van der Waals surface area contributed by atoms with E-state index in [1.807, 2.05) is 12.1 Å². The highest BCUT2D eigenvalue weighted by Gasteiger charge is 2.25. The smallest absolute Gasteiger partial charge is 0.161 e. The summed E-state index contributed by atoms with van der Waals surface area (Å²) in [4.78, 5) is 11.5. The molecule has 18 heavy (non-hydrogen) atoms. The molecule has 1 aromatic rings. The predicted molar refractivity (Wildman–Crippen MR) is 66.8 cm³/mol. The summed E-state index contributed by atoms with van der Waals surface area (Å²) in [6.45, 7) is 3.72. The Morgan fingerprint density at radius 1 is 1.28 bits per heavy atom. The van der Waals surface area contributed by atoms with E-state index in [1.165, 1.54) is 0 Å². The van der Waals surface area contributed by atoms with Gasteiger partial charge in [0.1, 0.15) is 11.9 Å². The van der Waals surface area contributed by atoms with Gasteiger partial charge in [-0.1, -0.05) is 12.6 Å². The topological polar surface area (TPSA) is 44.8 Å². The van der Waals surface area contributed by atoms with Crippen LogP contribution in [0.3, 0.4) is 0 Å². The third-order valence-corrected chi connectivity index (χ3v) is 2.90. The van der Waals surface area contributed by atoms with Crippen LogP contribution in [0, 0.1) is 0 Å². The van der Waals surface area contributed by atoms with Gasteiger partial charge in [0.05, 0.1) is 26.4 Å². The molecule has 0 bridgehead atoms. The fraction of sp³-hybridized carbons (Fsp3) is 0.357. The number of carbonyl (C=O) groups excluding carboxylic acids is 1. The van der Waals surface area contributed by atoms with Gasteiger partial charge in [-0.3, -0.25) is 4.79 Å². The lowest BCUT2D eigenvalue weighted by Crippen LogP contribution is -2.17. The lowest BCUT2D eigenvalue weighted by atomic mass is 9.99. The van der Waals surface area contributed by atoms with Crippen molar-refractivity contribution in [3.63, 3.8) is 0 Å². The Balaban J connectivity index is 2.27. The fourth-order valence-electron chi connectivity index (χ4n) is 2.02. The fourth-order valence-corrected chi connectivity index (χ4v) is 2.02. The number of allylic oxidation sites excluding steroid dienone is 1. The molecule has 96 valence electrons. The first-order chi connectivity index (χ1) is 8.63. The van der Waals surface area contributed by atoms with Crippen LogP contribution in [0.1, 0.15) is 24.5 Å². The highest BCUT2D eigenvalue weighted by Crippen LogP contribution is 2.35. The number of carbonyl (C=O) groups is 1. The SMILES string of the molecule is C=C1CC(=O)CC(c2ccc(OC)c(OC)c2)O1. The molecule has 1 aliphatic rings. The molecular formula is C14H16O4. The van der Waals surface area contributed by atoms with E-state index in [9.17, 15) is 4.79 Å². The van der Waals surface area contributed by atoms with Crippen LogP contribution in [0.2, 0.25) is 0 Å². The first-order valence-electron chi connectivity index (χ1n) is 5.72. The van der Waals surface area contributed by atoms with Crippen LogP contribution in [0.15, 0.2) is 30.5 Å². The Morgan fingerprint density at radius 3 is 2.61 bits per heavy atom. The molecule has 2 rings (SSSR count). The van der Waals surface area contributed by atoms with E-state index in [1.54, 1.807) is 20.3 Å². The van der Waals surface area contributed by atoms with E-state index in [4.69, 9.17) is 14.2 Å². The number of methoxy groups -OCH3 is 2. The first-order valence-corrected chi connectivity index (χ1v) is 5.72. The summed E-state index contributed by atoms with van der Waals surface area (Å²) in [7, 11) is 3.16. The molecular weight excluding hydrogens is 232 g/mol. The number of ether oxygens (including phenoxy) is 3. The maximum Gasteiger partial charge on any atom is 0.161 e. The second-order valence-electron chi connectivity index (χ2n) is 4.18. The molecule has 4 nitrogen and oxygen atoms in total. The lowest BCUT2D eigenvalue weighted by molar-refractivity contribution is -0.124. The molecule has 0 aromatic heterocycles. The highest BCUT2D eigenvalue weighted by molar-refractivity contribution is 5.82. The van der Waals surface area contributed by atoms with E-state index in [-0.39, 0.29) is 11.9 Å². The third-order valence-electron chi connectivity index (χ3n) is 2.90. The maximum atomic E-state index is 11.5. The van der Waals surface area contributed by atoms with Gasteiger partial charge in [-0.2, -0.15) is 0 Å². The third kappa shape index (κ3) is 2.47. The lowest BCUT2D eigenvalue weighted by Gasteiger charge is -2.25. The number of hydrogen-bond acceptors (Lipinski definition) is 4. The quantitative estimate of drug-likeness (QED) is 0.824.